The Bertz CT molecular complexity index is 65.1. The molecule has 8 heavy (non-hydrogen) atoms. The maximum Gasteiger partial charge on any atom is 0.0308 e. The summed E-state index contributed by atoms with van der Waals surface area (Å²) >= 11 is 1.31. The van der Waals surface area contributed by atoms with Gasteiger partial charge in [-0.05, 0) is 10.7 Å². The second kappa shape index (κ2) is 3.56. The van der Waals surface area contributed by atoms with Crippen LogP contribution in [0.25, 0.3) is 0 Å². The summed E-state index contributed by atoms with van der Waals surface area (Å²) in [7, 11) is 5.50. The van der Waals surface area contributed by atoms with Gasteiger partial charge in [0.2, 0.25) is 0 Å². The molecule has 0 bridgehead atoms. The lowest BCUT2D eigenvalue weighted by Gasteiger charge is -2.22. The summed E-state index contributed by atoms with van der Waals surface area (Å²) in [5.41, 5.74) is 0. The van der Waals surface area contributed by atoms with E-state index in [0.29, 0.717) is 0 Å². The highest BCUT2D eigenvalue weighted by Gasteiger charge is 2.07. The van der Waals surface area contributed by atoms with Crippen LogP contribution in [-0.4, -0.2) is 30.5 Å². The number of halogens is 1. The van der Waals surface area contributed by atoms with E-state index in [-0.39, 0.29) is 0 Å². The largest absolute Gasteiger partial charge is 0.314 e. The minimum Gasteiger partial charge on any atom is -0.314 e. The first-order valence-corrected chi connectivity index (χ1v) is 4.28. The topological polar surface area (TPSA) is 15.3 Å². The van der Waals surface area contributed by atoms with Crippen LogP contribution in [0.4, 0.5) is 0 Å². The third-order valence-corrected chi connectivity index (χ3v) is 2.32. The predicted octanol–water partition coefficient (Wildman–Crippen LogP) is 0.694. The first-order valence-electron chi connectivity index (χ1n) is 2.68. The fourth-order valence-electron chi connectivity index (χ4n) is 0.713. The van der Waals surface area contributed by atoms with Crippen molar-refractivity contribution in [1.82, 2.24) is 9.62 Å². The number of rotatable bonds is 1. The Morgan fingerprint density at radius 3 is 2.38 bits per heavy atom. The van der Waals surface area contributed by atoms with Gasteiger partial charge in [0.15, 0.2) is 0 Å². The molecule has 0 aromatic carbocycles. The highest BCUT2D eigenvalue weighted by atomic mass is 35.7. The van der Waals surface area contributed by atoms with Gasteiger partial charge in [0.25, 0.3) is 0 Å². The molecule has 1 heterocycles. The van der Waals surface area contributed by atoms with Crippen LogP contribution in [0.15, 0.2) is 0 Å². The summed E-state index contributed by atoms with van der Waals surface area (Å²) in [5, 5.41) is 3.24. The van der Waals surface area contributed by atoms with Crippen LogP contribution < -0.4 is 5.32 Å². The maximum atomic E-state index is 5.50. The van der Waals surface area contributed by atoms with Crippen LogP contribution >= 0.6 is 21.8 Å². The molecule has 0 saturated carbocycles. The number of hydrogen-bond acceptors (Lipinski definition) is 3. The Labute approximate surface area is 58.2 Å². The molecule has 4 heteroatoms. The summed E-state index contributed by atoms with van der Waals surface area (Å²) in [4.78, 5) is 0. The fourth-order valence-corrected chi connectivity index (χ4v) is 1.45. The van der Waals surface area contributed by atoms with Crippen molar-refractivity contribution in [3.8, 4) is 0 Å². The zero-order valence-corrected chi connectivity index (χ0v) is 6.13. The molecule has 0 aromatic rings. The normalized spacial score (nSPS) is 23.6. The predicted molar refractivity (Wildman–Crippen MR) is 37.9 cm³/mol. The second-order valence-electron chi connectivity index (χ2n) is 1.75. The Hall–Kier alpha value is 0.560. The first kappa shape index (κ1) is 6.68. The van der Waals surface area contributed by atoms with Gasteiger partial charge in [0.05, 0.1) is 0 Å². The van der Waals surface area contributed by atoms with Gasteiger partial charge in [-0.2, -0.15) is 0 Å². The van der Waals surface area contributed by atoms with Crippen molar-refractivity contribution in [3.05, 3.63) is 0 Å². The lowest BCUT2D eigenvalue weighted by Crippen LogP contribution is -2.39. The number of hydrogen-bond donors (Lipinski definition) is 1. The fraction of sp³-hybridized carbons (Fsp3) is 1.00. The molecule has 0 aromatic heterocycles. The molecule has 1 fully saturated rings. The smallest absolute Gasteiger partial charge is 0.0308 e. The van der Waals surface area contributed by atoms with Crippen molar-refractivity contribution < 1.29 is 0 Å². The highest BCUT2D eigenvalue weighted by Crippen LogP contribution is 2.13. The summed E-state index contributed by atoms with van der Waals surface area (Å²) in [6.45, 7) is 4.27. The summed E-state index contributed by atoms with van der Waals surface area (Å²) in [5.74, 6) is 0. The summed E-state index contributed by atoms with van der Waals surface area (Å²) < 4.78 is 2.14. The zero-order chi connectivity index (χ0) is 5.82. The molecule has 2 nitrogen and oxygen atoms in total. The quantitative estimate of drug-likeness (QED) is 0.557. The molecule has 0 amide bonds. The Kier molecular flexibility index (Phi) is 2.97. The molecule has 0 unspecified atom stereocenters. The molecule has 0 atom stereocenters. The number of piperazine rings is 1. The van der Waals surface area contributed by atoms with E-state index in [9.17, 15) is 0 Å². The maximum absolute atomic E-state index is 5.50. The Balaban J connectivity index is 2.13. The molecule has 0 spiro atoms. The van der Waals surface area contributed by atoms with E-state index in [1.165, 1.54) is 11.2 Å². The minimum absolute atomic E-state index is 1.06. The number of nitrogens with one attached hydrogen (secondary N) is 1. The van der Waals surface area contributed by atoms with Crippen LogP contribution in [0.2, 0.25) is 0 Å². The Morgan fingerprint density at radius 1 is 1.38 bits per heavy atom. The molecule has 1 rings (SSSR count). The molecule has 0 aliphatic carbocycles. The molecule has 1 N–H and O–H groups in total. The van der Waals surface area contributed by atoms with E-state index in [2.05, 4.69) is 9.62 Å². The van der Waals surface area contributed by atoms with Crippen molar-refractivity contribution in [2.75, 3.05) is 26.2 Å². The van der Waals surface area contributed by atoms with E-state index in [0.717, 1.165) is 26.2 Å². The highest BCUT2D eigenvalue weighted by molar-refractivity contribution is 8.19. The number of nitrogens with zero attached hydrogens (tertiary/aromatic N) is 1. The van der Waals surface area contributed by atoms with Crippen molar-refractivity contribution >= 4 is 21.8 Å². The second-order valence-corrected chi connectivity index (χ2v) is 2.82. The third kappa shape index (κ3) is 1.82. The third-order valence-electron chi connectivity index (χ3n) is 1.17. The molecule has 1 saturated heterocycles. The van der Waals surface area contributed by atoms with Crippen molar-refractivity contribution in [3.63, 3.8) is 0 Å². The first-order chi connectivity index (χ1) is 3.93. The van der Waals surface area contributed by atoms with Crippen LogP contribution in [0.5, 0.6) is 0 Å². The lowest BCUT2D eigenvalue weighted by molar-refractivity contribution is 0.399. The average Bonchev–Trinajstić information content (AvgIpc) is 1.90. The van der Waals surface area contributed by atoms with Crippen LogP contribution in [0.1, 0.15) is 0 Å². The van der Waals surface area contributed by atoms with Crippen molar-refractivity contribution in [1.29, 1.82) is 0 Å². The molecule has 1 aliphatic rings. The van der Waals surface area contributed by atoms with Crippen molar-refractivity contribution in [2.24, 2.45) is 0 Å². The van der Waals surface area contributed by atoms with Gasteiger partial charge < -0.3 is 5.32 Å². The molecule has 1 aliphatic heterocycles. The van der Waals surface area contributed by atoms with Gasteiger partial charge >= 0.3 is 0 Å². The monoisotopic (exact) mass is 152 g/mol. The molecule has 48 valence electrons. The van der Waals surface area contributed by atoms with E-state index < -0.39 is 0 Å². The van der Waals surface area contributed by atoms with Crippen molar-refractivity contribution in [2.45, 2.75) is 0 Å². The van der Waals surface area contributed by atoms with Crippen LogP contribution in [-0.2, 0) is 0 Å². The Morgan fingerprint density at radius 2 is 2.00 bits per heavy atom. The molecular formula is C4H9ClN2S. The van der Waals surface area contributed by atoms with Gasteiger partial charge in [-0.15, -0.1) is 0 Å². The van der Waals surface area contributed by atoms with Gasteiger partial charge in [-0.25, -0.2) is 4.31 Å². The van der Waals surface area contributed by atoms with Gasteiger partial charge in [-0.3, -0.25) is 0 Å². The van der Waals surface area contributed by atoms with Gasteiger partial charge in [0.1, 0.15) is 0 Å². The zero-order valence-electron chi connectivity index (χ0n) is 4.56. The van der Waals surface area contributed by atoms with E-state index >= 15 is 0 Å². The minimum atomic E-state index is 1.06. The molecular weight excluding hydrogens is 144 g/mol. The van der Waals surface area contributed by atoms with Gasteiger partial charge in [0, 0.05) is 37.3 Å². The average molecular weight is 153 g/mol. The van der Waals surface area contributed by atoms with Gasteiger partial charge in [-0.1, -0.05) is 0 Å². The van der Waals surface area contributed by atoms with Crippen LogP contribution in [0, 0.1) is 0 Å². The standard InChI is InChI=1S/C4H9ClN2S/c5-8-7-3-1-6-2-4-7/h6H,1-4H2. The van der Waals surface area contributed by atoms with Crippen LogP contribution in [0.3, 0.4) is 0 Å². The van der Waals surface area contributed by atoms with E-state index in [1.54, 1.807) is 0 Å². The molecule has 0 radical (unpaired) electrons. The van der Waals surface area contributed by atoms with E-state index in [4.69, 9.17) is 10.7 Å². The summed E-state index contributed by atoms with van der Waals surface area (Å²) in [6, 6.07) is 0. The summed E-state index contributed by atoms with van der Waals surface area (Å²) in [6.07, 6.45) is 0. The SMILES string of the molecule is ClSN1CCNCC1. The lowest BCUT2D eigenvalue weighted by atomic mass is 10.4. The van der Waals surface area contributed by atoms with E-state index in [1.807, 2.05) is 0 Å².